The first-order valence-corrected chi connectivity index (χ1v) is 8.16. The minimum Gasteiger partial charge on any atom is -0.328 e. The molecule has 1 aromatic rings. The molecule has 0 spiro atoms. The monoisotopic (exact) mass is 307 g/mol. The van der Waals surface area contributed by atoms with Gasteiger partial charge in [0.25, 0.3) is 0 Å². The lowest BCUT2D eigenvalue weighted by Crippen LogP contribution is -2.33. The normalized spacial score (nSPS) is 25.1. The van der Waals surface area contributed by atoms with E-state index in [9.17, 15) is 8.42 Å². The fraction of sp³-hybridized carbons (Fsp3) is 0.500. The van der Waals surface area contributed by atoms with E-state index in [1.807, 2.05) is 0 Å². The molecule has 1 saturated carbocycles. The Balaban J connectivity index is 2.37. The van der Waals surface area contributed by atoms with Crippen LogP contribution < -0.4 is 5.73 Å². The highest BCUT2D eigenvalue weighted by atomic mass is 35.5. The minimum absolute atomic E-state index is 0.0637. The Morgan fingerprint density at radius 2 is 1.56 bits per heavy atom. The zero-order valence-electron chi connectivity index (χ0n) is 9.77. The maximum absolute atomic E-state index is 12.5. The predicted octanol–water partition coefficient (Wildman–Crippen LogP) is 3.04. The van der Waals surface area contributed by atoms with Gasteiger partial charge in [-0.2, -0.15) is 0 Å². The summed E-state index contributed by atoms with van der Waals surface area (Å²) >= 11 is 11.9. The summed E-state index contributed by atoms with van der Waals surface area (Å²) in [4.78, 5) is 0.0637. The Labute approximate surface area is 117 Å². The van der Waals surface area contributed by atoms with Gasteiger partial charge in [-0.3, -0.25) is 0 Å². The first-order valence-electron chi connectivity index (χ1n) is 5.86. The van der Waals surface area contributed by atoms with Crippen molar-refractivity contribution >= 4 is 33.0 Å². The van der Waals surface area contributed by atoms with E-state index in [-0.39, 0.29) is 21.0 Å². The SMILES string of the molecule is NC1CCC(S(=O)(=O)c2c(Cl)cccc2Cl)CC1. The molecule has 0 heterocycles. The van der Waals surface area contributed by atoms with Gasteiger partial charge in [-0.15, -0.1) is 0 Å². The molecule has 0 radical (unpaired) electrons. The second-order valence-electron chi connectivity index (χ2n) is 4.63. The summed E-state index contributed by atoms with van der Waals surface area (Å²) in [5.41, 5.74) is 5.79. The predicted molar refractivity (Wildman–Crippen MR) is 73.9 cm³/mol. The molecule has 100 valence electrons. The molecule has 1 aromatic carbocycles. The van der Waals surface area contributed by atoms with Gasteiger partial charge in [0.05, 0.1) is 15.3 Å². The van der Waals surface area contributed by atoms with Crippen molar-refractivity contribution in [2.45, 2.75) is 41.9 Å². The zero-order valence-corrected chi connectivity index (χ0v) is 12.1. The van der Waals surface area contributed by atoms with Gasteiger partial charge in [-0.05, 0) is 37.8 Å². The molecule has 0 amide bonds. The lowest BCUT2D eigenvalue weighted by Gasteiger charge is -2.26. The molecule has 0 saturated heterocycles. The summed E-state index contributed by atoms with van der Waals surface area (Å²) < 4.78 is 25.1. The number of sulfone groups is 1. The summed E-state index contributed by atoms with van der Waals surface area (Å²) in [6.07, 6.45) is 2.61. The zero-order chi connectivity index (χ0) is 13.3. The summed E-state index contributed by atoms with van der Waals surface area (Å²) in [6.45, 7) is 0. The standard InChI is InChI=1S/C12H15Cl2NO2S/c13-10-2-1-3-11(14)12(10)18(16,17)9-6-4-8(15)5-7-9/h1-3,8-9H,4-7,15H2. The smallest absolute Gasteiger partial charge is 0.184 e. The molecule has 18 heavy (non-hydrogen) atoms. The molecule has 1 fully saturated rings. The molecule has 1 aliphatic carbocycles. The third kappa shape index (κ3) is 2.67. The van der Waals surface area contributed by atoms with Crippen LogP contribution in [0.5, 0.6) is 0 Å². The highest BCUT2D eigenvalue weighted by Crippen LogP contribution is 2.35. The third-order valence-electron chi connectivity index (χ3n) is 3.36. The maximum atomic E-state index is 12.5. The Kier molecular flexibility index (Phi) is 4.22. The van der Waals surface area contributed by atoms with Crippen LogP contribution in [-0.4, -0.2) is 19.7 Å². The van der Waals surface area contributed by atoms with Gasteiger partial charge in [0.2, 0.25) is 0 Å². The van der Waals surface area contributed by atoms with Gasteiger partial charge >= 0.3 is 0 Å². The van der Waals surface area contributed by atoms with Crippen molar-refractivity contribution in [2.75, 3.05) is 0 Å². The molecule has 6 heteroatoms. The van der Waals surface area contributed by atoms with Crippen LogP contribution in [0.1, 0.15) is 25.7 Å². The third-order valence-corrected chi connectivity index (χ3v) is 6.57. The Morgan fingerprint density at radius 1 is 1.06 bits per heavy atom. The van der Waals surface area contributed by atoms with Crippen molar-refractivity contribution < 1.29 is 8.42 Å². The van der Waals surface area contributed by atoms with Crippen molar-refractivity contribution in [1.82, 2.24) is 0 Å². The van der Waals surface area contributed by atoms with Crippen molar-refractivity contribution in [3.8, 4) is 0 Å². The van der Waals surface area contributed by atoms with Gasteiger partial charge in [0.15, 0.2) is 9.84 Å². The molecule has 2 N–H and O–H groups in total. The average molecular weight is 308 g/mol. The van der Waals surface area contributed by atoms with Crippen molar-refractivity contribution in [3.05, 3.63) is 28.2 Å². The van der Waals surface area contributed by atoms with Gasteiger partial charge in [-0.25, -0.2) is 8.42 Å². The number of halogens is 2. The van der Waals surface area contributed by atoms with Crippen LogP contribution in [0.4, 0.5) is 0 Å². The first kappa shape index (κ1) is 14.1. The Morgan fingerprint density at radius 3 is 2.06 bits per heavy atom. The van der Waals surface area contributed by atoms with Crippen LogP contribution in [-0.2, 0) is 9.84 Å². The Hall–Kier alpha value is -0.290. The van der Waals surface area contributed by atoms with Crippen LogP contribution in [0, 0.1) is 0 Å². The van der Waals surface area contributed by atoms with Gasteiger partial charge in [0.1, 0.15) is 4.90 Å². The van der Waals surface area contributed by atoms with Gasteiger partial charge in [0, 0.05) is 6.04 Å². The number of hydrogen-bond donors (Lipinski definition) is 1. The van der Waals surface area contributed by atoms with E-state index < -0.39 is 15.1 Å². The van der Waals surface area contributed by atoms with E-state index in [1.54, 1.807) is 18.2 Å². The fourth-order valence-electron chi connectivity index (χ4n) is 2.32. The van der Waals surface area contributed by atoms with Crippen molar-refractivity contribution in [2.24, 2.45) is 5.73 Å². The maximum Gasteiger partial charge on any atom is 0.184 e. The van der Waals surface area contributed by atoms with E-state index in [1.165, 1.54) is 0 Å². The first-order chi connectivity index (χ1) is 8.43. The molecular weight excluding hydrogens is 293 g/mol. The molecule has 1 aliphatic rings. The summed E-state index contributed by atoms with van der Waals surface area (Å²) in [5, 5.41) is -0.0376. The van der Waals surface area contributed by atoms with E-state index >= 15 is 0 Å². The molecule has 0 bridgehead atoms. The summed E-state index contributed by atoms with van der Waals surface area (Å²) in [5.74, 6) is 0. The van der Waals surface area contributed by atoms with Crippen LogP contribution >= 0.6 is 23.2 Å². The highest BCUT2D eigenvalue weighted by molar-refractivity contribution is 7.92. The van der Waals surface area contributed by atoms with Gasteiger partial charge in [-0.1, -0.05) is 29.3 Å². The summed E-state index contributed by atoms with van der Waals surface area (Å²) in [7, 11) is -3.47. The fourth-order valence-corrected chi connectivity index (χ4v) is 5.27. The number of rotatable bonds is 2. The van der Waals surface area contributed by atoms with Crippen LogP contribution in [0.2, 0.25) is 10.0 Å². The minimum atomic E-state index is -3.47. The van der Waals surface area contributed by atoms with E-state index in [0.717, 1.165) is 12.8 Å². The molecule has 0 unspecified atom stereocenters. The van der Waals surface area contributed by atoms with Crippen LogP contribution in [0.15, 0.2) is 23.1 Å². The molecule has 0 aliphatic heterocycles. The number of nitrogens with two attached hydrogens (primary N) is 1. The largest absolute Gasteiger partial charge is 0.328 e. The van der Waals surface area contributed by atoms with Crippen LogP contribution in [0.3, 0.4) is 0 Å². The Bertz CT molecular complexity index is 517. The van der Waals surface area contributed by atoms with Gasteiger partial charge < -0.3 is 5.73 Å². The number of hydrogen-bond acceptors (Lipinski definition) is 3. The quantitative estimate of drug-likeness (QED) is 0.913. The lowest BCUT2D eigenvalue weighted by molar-refractivity contribution is 0.434. The van der Waals surface area contributed by atoms with Crippen molar-refractivity contribution in [1.29, 1.82) is 0 Å². The highest BCUT2D eigenvalue weighted by Gasteiger charge is 2.33. The average Bonchev–Trinajstić information content (AvgIpc) is 2.29. The molecule has 3 nitrogen and oxygen atoms in total. The summed E-state index contributed by atoms with van der Waals surface area (Å²) in [6, 6.07) is 4.85. The molecule has 0 aromatic heterocycles. The molecule has 0 atom stereocenters. The second kappa shape index (κ2) is 5.37. The molecule has 2 rings (SSSR count). The van der Waals surface area contributed by atoms with Crippen molar-refractivity contribution in [3.63, 3.8) is 0 Å². The second-order valence-corrected chi connectivity index (χ2v) is 7.61. The van der Waals surface area contributed by atoms with E-state index in [0.29, 0.717) is 12.8 Å². The topological polar surface area (TPSA) is 60.2 Å². The van der Waals surface area contributed by atoms with Crippen LogP contribution in [0.25, 0.3) is 0 Å². The van der Waals surface area contributed by atoms with E-state index in [4.69, 9.17) is 28.9 Å². The number of benzene rings is 1. The lowest BCUT2D eigenvalue weighted by atomic mass is 9.96. The van der Waals surface area contributed by atoms with E-state index in [2.05, 4.69) is 0 Å². The molecular formula is C12H15Cl2NO2S.